The summed E-state index contributed by atoms with van der Waals surface area (Å²) >= 11 is 5.87. The first-order valence-corrected chi connectivity index (χ1v) is 6.41. The maximum atomic E-state index is 13.5. The van der Waals surface area contributed by atoms with E-state index < -0.39 is 17.8 Å². The molecule has 0 aromatic heterocycles. The topological polar surface area (TPSA) is 49.3 Å². The van der Waals surface area contributed by atoms with Gasteiger partial charge in [-0.05, 0) is 29.8 Å². The smallest absolute Gasteiger partial charge is 0.254 e. The molecule has 2 aromatic rings. The van der Waals surface area contributed by atoms with Gasteiger partial charge in [-0.25, -0.2) is 4.39 Å². The fourth-order valence-electron chi connectivity index (χ4n) is 1.84. The van der Waals surface area contributed by atoms with E-state index in [2.05, 4.69) is 5.32 Å². The minimum Gasteiger partial charge on any atom is -0.394 e. The molecular weight excluding hydrogens is 281 g/mol. The molecule has 0 heterocycles. The average molecular weight is 294 g/mol. The van der Waals surface area contributed by atoms with Crippen molar-refractivity contribution >= 4 is 17.5 Å². The Morgan fingerprint density at radius 2 is 2.00 bits per heavy atom. The lowest BCUT2D eigenvalue weighted by atomic mass is 10.1. The van der Waals surface area contributed by atoms with Gasteiger partial charge in [0.2, 0.25) is 0 Å². The molecule has 0 saturated carbocycles. The van der Waals surface area contributed by atoms with Gasteiger partial charge < -0.3 is 10.4 Å². The highest BCUT2D eigenvalue weighted by molar-refractivity contribution is 6.30. The third kappa shape index (κ3) is 3.35. The number of halogens is 2. The van der Waals surface area contributed by atoms with E-state index in [0.717, 1.165) is 0 Å². The van der Waals surface area contributed by atoms with Gasteiger partial charge in [-0.1, -0.05) is 35.9 Å². The van der Waals surface area contributed by atoms with Crippen molar-refractivity contribution in [2.45, 2.75) is 6.04 Å². The predicted molar refractivity (Wildman–Crippen MR) is 75.1 cm³/mol. The van der Waals surface area contributed by atoms with Crippen LogP contribution in [0, 0.1) is 5.82 Å². The molecule has 5 heteroatoms. The molecule has 0 radical (unpaired) electrons. The highest BCUT2D eigenvalue weighted by Gasteiger charge is 2.17. The van der Waals surface area contributed by atoms with Crippen LogP contribution < -0.4 is 5.32 Å². The highest BCUT2D eigenvalue weighted by atomic mass is 35.5. The first kappa shape index (κ1) is 14.5. The van der Waals surface area contributed by atoms with Gasteiger partial charge in [0.1, 0.15) is 5.82 Å². The van der Waals surface area contributed by atoms with Crippen molar-refractivity contribution in [3.63, 3.8) is 0 Å². The maximum absolute atomic E-state index is 13.5. The second-order valence-electron chi connectivity index (χ2n) is 4.24. The molecule has 0 spiro atoms. The third-order valence-electron chi connectivity index (χ3n) is 2.86. The van der Waals surface area contributed by atoms with Gasteiger partial charge in [0.05, 0.1) is 18.2 Å². The largest absolute Gasteiger partial charge is 0.394 e. The average Bonchev–Trinajstić information content (AvgIpc) is 2.45. The van der Waals surface area contributed by atoms with Crippen LogP contribution in [0.15, 0.2) is 48.5 Å². The second-order valence-corrected chi connectivity index (χ2v) is 4.68. The van der Waals surface area contributed by atoms with Gasteiger partial charge in [-0.2, -0.15) is 0 Å². The molecule has 0 fully saturated rings. The molecule has 0 aliphatic heterocycles. The number of hydrogen-bond donors (Lipinski definition) is 2. The fraction of sp³-hybridized carbons (Fsp3) is 0.133. The maximum Gasteiger partial charge on any atom is 0.254 e. The summed E-state index contributed by atoms with van der Waals surface area (Å²) in [5, 5.41) is 12.5. The summed E-state index contributed by atoms with van der Waals surface area (Å²) in [5.41, 5.74) is 0.595. The van der Waals surface area contributed by atoms with E-state index in [1.807, 2.05) is 0 Å². The van der Waals surface area contributed by atoms with Crippen molar-refractivity contribution in [2.24, 2.45) is 0 Å². The molecule has 0 saturated heterocycles. The molecule has 0 aliphatic carbocycles. The number of aliphatic hydroxyl groups is 1. The number of benzene rings is 2. The van der Waals surface area contributed by atoms with E-state index in [-0.39, 0.29) is 12.2 Å². The summed E-state index contributed by atoms with van der Waals surface area (Å²) in [6, 6.07) is 11.8. The first-order chi connectivity index (χ1) is 9.61. The zero-order chi connectivity index (χ0) is 14.5. The SMILES string of the molecule is O=C(NC(CO)c1cccc(Cl)c1)c1ccccc1F. The Bertz CT molecular complexity index is 618. The Morgan fingerprint density at radius 1 is 1.25 bits per heavy atom. The molecule has 104 valence electrons. The van der Waals surface area contributed by atoms with Crippen LogP contribution in [0.25, 0.3) is 0 Å². The Kier molecular flexibility index (Phi) is 4.71. The predicted octanol–water partition coefficient (Wildman–Crippen LogP) is 2.94. The number of rotatable bonds is 4. The van der Waals surface area contributed by atoms with E-state index >= 15 is 0 Å². The van der Waals surface area contributed by atoms with Crippen molar-refractivity contribution in [1.29, 1.82) is 0 Å². The molecule has 0 aliphatic rings. The van der Waals surface area contributed by atoms with E-state index in [0.29, 0.717) is 10.6 Å². The standard InChI is InChI=1S/C15H13ClFNO2/c16-11-5-3-4-10(8-11)14(9-19)18-15(20)12-6-1-2-7-13(12)17/h1-8,14,19H,9H2,(H,18,20). The van der Waals surface area contributed by atoms with Crippen LogP contribution in [0.1, 0.15) is 22.0 Å². The van der Waals surface area contributed by atoms with Gasteiger partial charge in [0.15, 0.2) is 0 Å². The first-order valence-electron chi connectivity index (χ1n) is 6.03. The van der Waals surface area contributed by atoms with Crippen LogP contribution >= 0.6 is 11.6 Å². The quantitative estimate of drug-likeness (QED) is 0.910. The summed E-state index contributed by atoms with van der Waals surface area (Å²) in [4.78, 5) is 12.0. The molecule has 1 unspecified atom stereocenters. The number of aliphatic hydroxyl groups excluding tert-OH is 1. The fourth-order valence-corrected chi connectivity index (χ4v) is 2.04. The molecular formula is C15H13ClFNO2. The molecule has 2 rings (SSSR count). The molecule has 1 atom stereocenters. The minimum absolute atomic E-state index is 0.0621. The van der Waals surface area contributed by atoms with Gasteiger partial charge in [0, 0.05) is 5.02 Å². The van der Waals surface area contributed by atoms with E-state index in [9.17, 15) is 14.3 Å². The Hall–Kier alpha value is -1.91. The lowest BCUT2D eigenvalue weighted by Crippen LogP contribution is -2.31. The molecule has 1 amide bonds. The van der Waals surface area contributed by atoms with Gasteiger partial charge in [-0.3, -0.25) is 4.79 Å². The number of carbonyl (C=O) groups excluding carboxylic acids is 1. The van der Waals surface area contributed by atoms with Crippen LogP contribution in [0.5, 0.6) is 0 Å². The van der Waals surface area contributed by atoms with Gasteiger partial charge in [-0.15, -0.1) is 0 Å². The lowest BCUT2D eigenvalue weighted by Gasteiger charge is -2.17. The molecule has 2 N–H and O–H groups in total. The summed E-state index contributed by atoms with van der Waals surface area (Å²) in [6.07, 6.45) is 0. The summed E-state index contributed by atoms with van der Waals surface area (Å²) < 4.78 is 13.5. The van der Waals surface area contributed by atoms with Crippen molar-refractivity contribution < 1.29 is 14.3 Å². The van der Waals surface area contributed by atoms with E-state index in [1.54, 1.807) is 30.3 Å². The van der Waals surface area contributed by atoms with Gasteiger partial charge >= 0.3 is 0 Å². The molecule has 20 heavy (non-hydrogen) atoms. The Morgan fingerprint density at radius 3 is 2.65 bits per heavy atom. The number of nitrogens with one attached hydrogen (secondary N) is 1. The normalized spacial score (nSPS) is 11.9. The van der Waals surface area contributed by atoms with Crippen LogP contribution in [-0.2, 0) is 0 Å². The van der Waals surface area contributed by atoms with E-state index in [1.165, 1.54) is 18.2 Å². The van der Waals surface area contributed by atoms with Crippen LogP contribution in [0.4, 0.5) is 4.39 Å². The van der Waals surface area contributed by atoms with Crippen molar-refractivity contribution in [3.05, 3.63) is 70.5 Å². The molecule has 2 aromatic carbocycles. The zero-order valence-electron chi connectivity index (χ0n) is 10.5. The molecule has 0 bridgehead atoms. The lowest BCUT2D eigenvalue weighted by molar-refractivity contribution is 0.0912. The van der Waals surface area contributed by atoms with Crippen LogP contribution in [0.2, 0.25) is 5.02 Å². The van der Waals surface area contributed by atoms with Crippen molar-refractivity contribution in [1.82, 2.24) is 5.32 Å². The minimum atomic E-state index is -0.638. The summed E-state index contributed by atoms with van der Waals surface area (Å²) in [5.74, 6) is -1.19. The highest BCUT2D eigenvalue weighted by Crippen LogP contribution is 2.18. The number of hydrogen-bond acceptors (Lipinski definition) is 2. The van der Waals surface area contributed by atoms with Gasteiger partial charge in [0.25, 0.3) is 5.91 Å². The van der Waals surface area contributed by atoms with Crippen LogP contribution in [-0.4, -0.2) is 17.6 Å². The molecule has 3 nitrogen and oxygen atoms in total. The zero-order valence-corrected chi connectivity index (χ0v) is 11.3. The Labute approximate surface area is 121 Å². The second kappa shape index (κ2) is 6.50. The third-order valence-corrected chi connectivity index (χ3v) is 3.09. The Balaban J connectivity index is 2.19. The number of amides is 1. The number of carbonyl (C=O) groups is 1. The summed E-state index contributed by atoms with van der Waals surface area (Å²) in [6.45, 7) is -0.305. The summed E-state index contributed by atoms with van der Waals surface area (Å²) in [7, 11) is 0. The van der Waals surface area contributed by atoms with Crippen LogP contribution in [0.3, 0.4) is 0 Å². The van der Waals surface area contributed by atoms with Crippen molar-refractivity contribution in [3.8, 4) is 0 Å². The van der Waals surface area contributed by atoms with E-state index in [4.69, 9.17) is 11.6 Å². The van der Waals surface area contributed by atoms with Crippen molar-refractivity contribution in [2.75, 3.05) is 6.61 Å². The monoisotopic (exact) mass is 293 g/mol.